The summed E-state index contributed by atoms with van der Waals surface area (Å²) in [5.41, 5.74) is 0. The third-order valence-electron chi connectivity index (χ3n) is 2.86. The molecule has 0 fully saturated rings. The van der Waals surface area contributed by atoms with E-state index < -0.39 is 5.97 Å². The molecule has 0 aromatic rings. The van der Waals surface area contributed by atoms with Crippen LogP contribution in [0.1, 0.15) is 59.3 Å². The number of amides is 1. The lowest BCUT2D eigenvalue weighted by atomic mass is 9.94. The van der Waals surface area contributed by atoms with Gasteiger partial charge in [0.25, 0.3) is 0 Å². The van der Waals surface area contributed by atoms with Crippen molar-refractivity contribution in [3.63, 3.8) is 0 Å². The monoisotopic (exact) mass is 257 g/mol. The zero-order valence-electron chi connectivity index (χ0n) is 11.9. The molecule has 0 aliphatic rings. The van der Waals surface area contributed by atoms with Gasteiger partial charge < -0.3 is 10.4 Å². The van der Waals surface area contributed by atoms with Gasteiger partial charge in [0, 0.05) is 19.4 Å². The van der Waals surface area contributed by atoms with Crippen LogP contribution in [-0.4, -0.2) is 23.5 Å². The topological polar surface area (TPSA) is 66.4 Å². The summed E-state index contributed by atoms with van der Waals surface area (Å²) >= 11 is 0. The molecule has 0 radical (unpaired) electrons. The first-order valence-electron chi connectivity index (χ1n) is 6.94. The molecule has 0 heterocycles. The molecule has 106 valence electrons. The minimum Gasteiger partial charge on any atom is -0.481 e. The number of carbonyl (C=O) groups is 2. The smallest absolute Gasteiger partial charge is 0.303 e. The first-order valence-corrected chi connectivity index (χ1v) is 6.94. The Balaban J connectivity index is 3.93. The highest BCUT2D eigenvalue weighted by atomic mass is 16.4. The first kappa shape index (κ1) is 16.9. The van der Waals surface area contributed by atoms with Crippen molar-refractivity contribution in [3.05, 3.63) is 0 Å². The van der Waals surface area contributed by atoms with Crippen molar-refractivity contribution in [2.24, 2.45) is 11.8 Å². The normalized spacial score (nSPS) is 12.4. The van der Waals surface area contributed by atoms with Crippen LogP contribution in [0.5, 0.6) is 0 Å². The van der Waals surface area contributed by atoms with Crippen LogP contribution in [-0.2, 0) is 9.59 Å². The molecule has 4 nitrogen and oxygen atoms in total. The number of unbranched alkanes of at least 4 members (excludes halogenated alkanes) is 2. The van der Waals surface area contributed by atoms with Crippen molar-refractivity contribution in [2.75, 3.05) is 6.54 Å². The number of carboxylic acids is 1. The van der Waals surface area contributed by atoms with Gasteiger partial charge in [0.15, 0.2) is 0 Å². The van der Waals surface area contributed by atoms with Crippen molar-refractivity contribution >= 4 is 11.9 Å². The van der Waals surface area contributed by atoms with Crippen molar-refractivity contribution in [3.8, 4) is 0 Å². The summed E-state index contributed by atoms with van der Waals surface area (Å²) in [5, 5.41) is 11.7. The molecule has 0 saturated heterocycles. The van der Waals surface area contributed by atoms with Crippen LogP contribution >= 0.6 is 0 Å². The fourth-order valence-corrected chi connectivity index (χ4v) is 2.03. The van der Waals surface area contributed by atoms with Crippen LogP contribution in [0.2, 0.25) is 0 Å². The molecule has 0 aromatic heterocycles. The summed E-state index contributed by atoms with van der Waals surface area (Å²) in [5.74, 6) is -0.257. The Morgan fingerprint density at radius 3 is 2.39 bits per heavy atom. The lowest BCUT2D eigenvalue weighted by Gasteiger charge is -2.17. The van der Waals surface area contributed by atoms with E-state index in [1.807, 2.05) is 0 Å². The Morgan fingerprint density at radius 2 is 1.89 bits per heavy atom. The summed E-state index contributed by atoms with van der Waals surface area (Å²) in [6, 6.07) is 0. The second-order valence-electron chi connectivity index (χ2n) is 5.35. The van der Waals surface area contributed by atoms with Gasteiger partial charge in [-0.3, -0.25) is 9.59 Å². The zero-order valence-corrected chi connectivity index (χ0v) is 11.9. The SMILES string of the molecule is CCCCCC(=O)NCC(CC(=O)O)CC(C)C. The van der Waals surface area contributed by atoms with Crippen LogP contribution in [0.15, 0.2) is 0 Å². The molecule has 0 saturated carbocycles. The highest BCUT2D eigenvalue weighted by molar-refractivity contribution is 5.75. The van der Waals surface area contributed by atoms with E-state index in [-0.39, 0.29) is 18.2 Å². The molecule has 1 amide bonds. The van der Waals surface area contributed by atoms with E-state index in [1.54, 1.807) is 0 Å². The lowest BCUT2D eigenvalue weighted by molar-refractivity contribution is -0.138. The van der Waals surface area contributed by atoms with Crippen LogP contribution in [0.4, 0.5) is 0 Å². The molecule has 0 spiro atoms. The highest BCUT2D eigenvalue weighted by Crippen LogP contribution is 2.14. The summed E-state index contributed by atoms with van der Waals surface area (Å²) < 4.78 is 0. The second-order valence-corrected chi connectivity index (χ2v) is 5.35. The van der Waals surface area contributed by atoms with E-state index in [4.69, 9.17) is 5.11 Å². The number of nitrogens with one attached hydrogen (secondary N) is 1. The lowest BCUT2D eigenvalue weighted by Crippen LogP contribution is -2.30. The minimum absolute atomic E-state index is 0.0395. The Kier molecular flexibility index (Phi) is 9.33. The van der Waals surface area contributed by atoms with Gasteiger partial charge in [-0.2, -0.15) is 0 Å². The van der Waals surface area contributed by atoms with Gasteiger partial charge >= 0.3 is 5.97 Å². The van der Waals surface area contributed by atoms with E-state index in [0.717, 1.165) is 25.7 Å². The summed E-state index contributed by atoms with van der Waals surface area (Å²) in [7, 11) is 0. The summed E-state index contributed by atoms with van der Waals surface area (Å²) in [6.07, 6.45) is 4.60. The van der Waals surface area contributed by atoms with Crippen molar-refractivity contribution < 1.29 is 14.7 Å². The van der Waals surface area contributed by atoms with E-state index in [9.17, 15) is 9.59 Å². The quantitative estimate of drug-likeness (QED) is 0.591. The highest BCUT2D eigenvalue weighted by Gasteiger charge is 2.15. The van der Waals surface area contributed by atoms with Gasteiger partial charge in [0.05, 0.1) is 0 Å². The molecule has 4 heteroatoms. The number of rotatable bonds is 10. The number of carboxylic acid groups (broad SMARTS) is 1. The molecule has 1 atom stereocenters. The molecule has 0 rings (SSSR count). The van der Waals surface area contributed by atoms with Crippen molar-refractivity contribution in [2.45, 2.75) is 59.3 Å². The van der Waals surface area contributed by atoms with Gasteiger partial charge in [-0.25, -0.2) is 0 Å². The van der Waals surface area contributed by atoms with Gasteiger partial charge in [0.1, 0.15) is 0 Å². The van der Waals surface area contributed by atoms with Crippen molar-refractivity contribution in [1.29, 1.82) is 0 Å². The first-order chi connectivity index (χ1) is 8.45. The number of hydrogen-bond acceptors (Lipinski definition) is 2. The number of carbonyl (C=O) groups excluding carboxylic acids is 1. The maximum absolute atomic E-state index is 11.5. The van der Waals surface area contributed by atoms with Crippen LogP contribution in [0, 0.1) is 11.8 Å². The molecule has 0 aromatic carbocycles. The Hall–Kier alpha value is -1.06. The summed E-state index contributed by atoms with van der Waals surface area (Å²) in [4.78, 5) is 22.3. The molecule has 0 bridgehead atoms. The van der Waals surface area contributed by atoms with E-state index >= 15 is 0 Å². The molecule has 18 heavy (non-hydrogen) atoms. The summed E-state index contributed by atoms with van der Waals surface area (Å²) in [6.45, 7) is 6.72. The Bertz CT molecular complexity index is 251. The van der Waals surface area contributed by atoms with Gasteiger partial charge in [-0.1, -0.05) is 33.6 Å². The van der Waals surface area contributed by atoms with Gasteiger partial charge in [-0.15, -0.1) is 0 Å². The standard InChI is InChI=1S/C14H27NO3/c1-4-5-6-7-13(16)15-10-12(8-11(2)3)9-14(17)18/h11-12H,4-10H2,1-3H3,(H,15,16)(H,17,18). The molecule has 1 unspecified atom stereocenters. The maximum atomic E-state index is 11.5. The third-order valence-corrected chi connectivity index (χ3v) is 2.86. The van der Waals surface area contributed by atoms with Gasteiger partial charge in [0.2, 0.25) is 5.91 Å². The third kappa shape index (κ3) is 10.1. The molecule has 0 aliphatic heterocycles. The minimum atomic E-state index is -0.791. The Morgan fingerprint density at radius 1 is 1.22 bits per heavy atom. The molecule has 2 N–H and O–H groups in total. The van der Waals surface area contributed by atoms with Gasteiger partial charge in [-0.05, 0) is 24.7 Å². The number of hydrogen-bond donors (Lipinski definition) is 2. The molecular formula is C14H27NO3. The fraction of sp³-hybridized carbons (Fsp3) is 0.857. The molecule has 0 aliphatic carbocycles. The van der Waals surface area contributed by atoms with E-state index in [0.29, 0.717) is 18.9 Å². The predicted molar refractivity (Wildman–Crippen MR) is 72.3 cm³/mol. The fourth-order valence-electron chi connectivity index (χ4n) is 2.03. The average molecular weight is 257 g/mol. The van der Waals surface area contributed by atoms with Crippen LogP contribution < -0.4 is 5.32 Å². The average Bonchev–Trinajstić information content (AvgIpc) is 2.25. The molecular weight excluding hydrogens is 230 g/mol. The van der Waals surface area contributed by atoms with Crippen LogP contribution in [0.3, 0.4) is 0 Å². The maximum Gasteiger partial charge on any atom is 0.303 e. The largest absolute Gasteiger partial charge is 0.481 e. The van der Waals surface area contributed by atoms with E-state index in [2.05, 4.69) is 26.1 Å². The van der Waals surface area contributed by atoms with E-state index in [1.165, 1.54) is 0 Å². The number of aliphatic carboxylic acids is 1. The Labute approximate surface area is 110 Å². The predicted octanol–water partition coefficient (Wildman–Crippen LogP) is 2.82. The zero-order chi connectivity index (χ0) is 14.0. The van der Waals surface area contributed by atoms with Crippen molar-refractivity contribution in [1.82, 2.24) is 5.32 Å². The second kappa shape index (κ2) is 9.92. The van der Waals surface area contributed by atoms with Crippen LogP contribution in [0.25, 0.3) is 0 Å².